The second kappa shape index (κ2) is 4.85. The van der Waals surface area contributed by atoms with E-state index in [4.69, 9.17) is 4.42 Å². The summed E-state index contributed by atoms with van der Waals surface area (Å²) in [5.41, 5.74) is 2.83. The molecule has 0 fully saturated rings. The van der Waals surface area contributed by atoms with Crippen molar-refractivity contribution in [2.75, 3.05) is 0 Å². The van der Waals surface area contributed by atoms with Crippen LogP contribution in [-0.4, -0.2) is 16.1 Å². The normalized spacial score (nSPS) is 10.6. The van der Waals surface area contributed by atoms with E-state index in [2.05, 4.69) is 21.0 Å². The zero-order chi connectivity index (χ0) is 13.2. The summed E-state index contributed by atoms with van der Waals surface area (Å²) in [5, 5.41) is 4.43. The largest absolute Gasteiger partial charge is 0.472 e. The Morgan fingerprint density at radius 2 is 2.00 bits per heavy atom. The molecule has 0 saturated heterocycles. The molecule has 0 radical (unpaired) electrons. The fourth-order valence-electron chi connectivity index (χ4n) is 1.82. The summed E-state index contributed by atoms with van der Waals surface area (Å²) >= 11 is 3.38. The van der Waals surface area contributed by atoms with Crippen LogP contribution in [0.2, 0.25) is 0 Å². The van der Waals surface area contributed by atoms with Crippen LogP contribution in [0.4, 0.5) is 0 Å². The topological polar surface area (TPSA) is 48.0 Å². The van der Waals surface area contributed by atoms with E-state index < -0.39 is 0 Å². The van der Waals surface area contributed by atoms with E-state index in [1.807, 2.05) is 24.3 Å². The average molecular weight is 317 g/mol. The Morgan fingerprint density at radius 3 is 2.63 bits per heavy atom. The van der Waals surface area contributed by atoms with Gasteiger partial charge in [0.2, 0.25) is 0 Å². The third-order valence-corrected chi connectivity index (χ3v) is 3.28. The molecule has 0 saturated carbocycles. The SMILES string of the molecule is O=Cc1cn(-c2ccc(Br)cc2)nc1-c1ccoc1. The number of hydrogen-bond acceptors (Lipinski definition) is 3. The highest BCUT2D eigenvalue weighted by Crippen LogP contribution is 2.23. The van der Waals surface area contributed by atoms with Crippen molar-refractivity contribution in [2.45, 2.75) is 0 Å². The fourth-order valence-corrected chi connectivity index (χ4v) is 2.09. The first-order valence-corrected chi connectivity index (χ1v) is 6.40. The first kappa shape index (κ1) is 11.9. The maximum absolute atomic E-state index is 11.1. The van der Waals surface area contributed by atoms with Crippen LogP contribution >= 0.6 is 15.9 Å². The molecule has 3 aromatic rings. The predicted octanol–water partition coefficient (Wildman–Crippen LogP) is 3.71. The van der Waals surface area contributed by atoms with E-state index >= 15 is 0 Å². The van der Waals surface area contributed by atoms with Gasteiger partial charge in [-0.3, -0.25) is 4.79 Å². The lowest BCUT2D eigenvalue weighted by atomic mass is 10.2. The molecule has 0 aliphatic heterocycles. The van der Waals surface area contributed by atoms with Gasteiger partial charge in [-0.2, -0.15) is 5.10 Å². The molecule has 19 heavy (non-hydrogen) atoms. The van der Waals surface area contributed by atoms with E-state index in [1.165, 1.54) is 0 Å². The number of benzene rings is 1. The van der Waals surface area contributed by atoms with Crippen molar-refractivity contribution in [1.82, 2.24) is 9.78 Å². The number of rotatable bonds is 3. The molecule has 0 spiro atoms. The highest BCUT2D eigenvalue weighted by atomic mass is 79.9. The maximum Gasteiger partial charge on any atom is 0.153 e. The van der Waals surface area contributed by atoms with Crippen LogP contribution in [0.25, 0.3) is 16.9 Å². The van der Waals surface area contributed by atoms with Crippen molar-refractivity contribution in [2.24, 2.45) is 0 Å². The molecule has 0 atom stereocenters. The zero-order valence-electron chi connectivity index (χ0n) is 9.79. The van der Waals surface area contributed by atoms with Gasteiger partial charge in [-0.25, -0.2) is 4.68 Å². The molecular formula is C14H9BrN2O2. The summed E-state index contributed by atoms with van der Waals surface area (Å²) in [4.78, 5) is 11.1. The molecule has 0 aliphatic carbocycles. The number of furan rings is 1. The minimum absolute atomic E-state index is 0.532. The van der Waals surface area contributed by atoms with Gasteiger partial charge in [-0.05, 0) is 30.3 Å². The smallest absolute Gasteiger partial charge is 0.153 e. The molecule has 0 N–H and O–H groups in total. The summed E-state index contributed by atoms with van der Waals surface area (Å²) in [6.07, 6.45) is 5.63. The Morgan fingerprint density at radius 1 is 1.21 bits per heavy atom. The van der Waals surface area contributed by atoms with Crippen LogP contribution in [0.15, 0.2) is 57.9 Å². The molecular weight excluding hydrogens is 308 g/mol. The highest BCUT2D eigenvalue weighted by molar-refractivity contribution is 9.10. The molecule has 0 unspecified atom stereocenters. The molecule has 3 rings (SSSR count). The summed E-state index contributed by atoms with van der Waals surface area (Å²) < 4.78 is 7.70. The van der Waals surface area contributed by atoms with E-state index in [0.717, 1.165) is 22.0 Å². The summed E-state index contributed by atoms with van der Waals surface area (Å²) in [7, 11) is 0. The molecule has 0 aliphatic rings. The Kier molecular flexibility index (Phi) is 3.05. The lowest BCUT2D eigenvalue weighted by Gasteiger charge is -2.00. The Labute approximate surface area is 117 Å². The van der Waals surface area contributed by atoms with Crippen molar-refractivity contribution in [3.05, 3.63) is 59.1 Å². The van der Waals surface area contributed by atoms with Crippen molar-refractivity contribution in [1.29, 1.82) is 0 Å². The van der Waals surface area contributed by atoms with Gasteiger partial charge >= 0.3 is 0 Å². The first-order valence-electron chi connectivity index (χ1n) is 5.61. The summed E-state index contributed by atoms with van der Waals surface area (Å²) in [6, 6.07) is 9.47. The van der Waals surface area contributed by atoms with Gasteiger partial charge in [0.1, 0.15) is 5.69 Å². The second-order valence-corrected chi connectivity index (χ2v) is 4.90. The molecule has 0 bridgehead atoms. The van der Waals surface area contributed by atoms with Crippen LogP contribution in [0.5, 0.6) is 0 Å². The third kappa shape index (κ3) is 2.24. The molecule has 94 valence electrons. The van der Waals surface area contributed by atoms with E-state index in [9.17, 15) is 4.79 Å². The minimum atomic E-state index is 0.532. The zero-order valence-corrected chi connectivity index (χ0v) is 11.4. The number of aldehydes is 1. The minimum Gasteiger partial charge on any atom is -0.472 e. The van der Waals surface area contributed by atoms with Gasteiger partial charge in [0, 0.05) is 16.2 Å². The van der Waals surface area contributed by atoms with E-state index in [1.54, 1.807) is 29.5 Å². The maximum atomic E-state index is 11.1. The first-order chi connectivity index (χ1) is 9.28. The van der Waals surface area contributed by atoms with Gasteiger partial charge in [0.25, 0.3) is 0 Å². The van der Waals surface area contributed by atoms with Gasteiger partial charge < -0.3 is 4.42 Å². The van der Waals surface area contributed by atoms with Gasteiger partial charge in [-0.1, -0.05) is 15.9 Å². The molecule has 0 amide bonds. The van der Waals surface area contributed by atoms with E-state index in [0.29, 0.717) is 11.3 Å². The van der Waals surface area contributed by atoms with Crippen molar-refractivity contribution < 1.29 is 9.21 Å². The number of nitrogens with zero attached hydrogens (tertiary/aromatic N) is 2. The number of carbonyl (C=O) groups is 1. The van der Waals surface area contributed by atoms with Crippen LogP contribution in [0.1, 0.15) is 10.4 Å². The molecule has 2 aromatic heterocycles. The van der Waals surface area contributed by atoms with Crippen LogP contribution in [-0.2, 0) is 0 Å². The number of halogens is 1. The van der Waals surface area contributed by atoms with Crippen molar-refractivity contribution >= 4 is 22.2 Å². The Bertz CT molecular complexity index is 700. The number of hydrogen-bond donors (Lipinski definition) is 0. The molecule has 1 aromatic carbocycles. The highest BCUT2D eigenvalue weighted by Gasteiger charge is 2.12. The van der Waals surface area contributed by atoms with Gasteiger partial charge in [0.05, 0.1) is 23.8 Å². The second-order valence-electron chi connectivity index (χ2n) is 3.98. The number of carbonyl (C=O) groups excluding carboxylic acids is 1. The van der Waals surface area contributed by atoms with Crippen LogP contribution in [0.3, 0.4) is 0 Å². The van der Waals surface area contributed by atoms with Crippen LogP contribution < -0.4 is 0 Å². The standard InChI is InChI=1S/C14H9BrN2O2/c15-12-1-3-13(4-2-12)17-7-11(8-18)14(16-17)10-5-6-19-9-10/h1-9H. The van der Waals surface area contributed by atoms with Gasteiger partial charge in [-0.15, -0.1) is 0 Å². The molecule has 4 nitrogen and oxygen atoms in total. The monoisotopic (exact) mass is 316 g/mol. The lowest BCUT2D eigenvalue weighted by molar-refractivity contribution is 0.112. The number of aromatic nitrogens is 2. The third-order valence-electron chi connectivity index (χ3n) is 2.76. The Balaban J connectivity index is 2.09. The van der Waals surface area contributed by atoms with Crippen LogP contribution in [0, 0.1) is 0 Å². The average Bonchev–Trinajstić information content (AvgIpc) is 3.08. The van der Waals surface area contributed by atoms with Gasteiger partial charge in [0.15, 0.2) is 6.29 Å². The molecule has 5 heteroatoms. The summed E-state index contributed by atoms with van der Waals surface area (Å²) in [6.45, 7) is 0. The molecule has 2 heterocycles. The summed E-state index contributed by atoms with van der Waals surface area (Å²) in [5.74, 6) is 0. The predicted molar refractivity (Wildman–Crippen MR) is 74.4 cm³/mol. The quantitative estimate of drug-likeness (QED) is 0.692. The van der Waals surface area contributed by atoms with E-state index in [-0.39, 0.29) is 0 Å². The Hall–Kier alpha value is -2.14. The van der Waals surface area contributed by atoms with Crippen molar-refractivity contribution in [3.63, 3.8) is 0 Å². The van der Waals surface area contributed by atoms with Crippen molar-refractivity contribution in [3.8, 4) is 16.9 Å². The fraction of sp³-hybridized carbons (Fsp3) is 0. The lowest BCUT2D eigenvalue weighted by Crippen LogP contribution is -1.94.